The van der Waals surface area contributed by atoms with Gasteiger partial charge in [-0.15, -0.1) is 0 Å². The minimum Gasteiger partial charge on any atom is -0.462 e. The van der Waals surface area contributed by atoms with E-state index in [4.69, 9.17) is 37.0 Å². The van der Waals surface area contributed by atoms with Crippen LogP contribution in [0.2, 0.25) is 0 Å². The Morgan fingerprint density at radius 3 is 0.687 bits per heavy atom. The lowest BCUT2D eigenvalue weighted by molar-refractivity contribution is -0.161. The van der Waals surface area contributed by atoms with E-state index in [2.05, 4.69) is 34.6 Å². The third-order valence-corrected chi connectivity index (χ3v) is 20.7. The molecule has 0 aliphatic carbocycles. The number of hydrogen-bond donors (Lipinski definition) is 3. The summed E-state index contributed by atoms with van der Waals surface area (Å²) in [5, 5.41) is 10.6. The van der Waals surface area contributed by atoms with E-state index in [-0.39, 0.29) is 25.7 Å². The summed E-state index contributed by atoms with van der Waals surface area (Å²) in [6, 6.07) is 0. The molecule has 0 aromatic carbocycles. The summed E-state index contributed by atoms with van der Waals surface area (Å²) in [6.45, 7) is 7.31. The lowest BCUT2D eigenvalue weighted by Crippen LogP contribution is -2.30. The first-order valence-electron chi connectivity index (χ1n) is 41.6. The fourth-order valence-electron chi connectivity index (χ4n) is 12.4. The summed E-state index contributed by atoms with van der Waals surface area (Å²) < 4.78 is 68.7. The van der Waals surface area contributed by atoms with E-state index >= 15 is 0 Å². The van der Waals surface area contributed by atoms with Crippen LogP contribution in [-0.2, 0) is 65.4 Å². The van der Waals surface area contributed by atoms with Crippen LogP contribution in [0.15, 0.2) is 0 Å². The Morgan fingerprint density at radius 2 is 0.465 bits per heavy atom. The zero-order valence-electron chi connectivity index (χ0n) is 64.6. The Labute approximate surface area is 607 Å². The first-order chi connectivity index (χ1) is 48.0. The molecule has 19 heteroatoms. The van der Waals surface area contributed by atoms with E-state index in [1.54, 1.807) is 0 Å². The molecule has 588 valence electrons. The predicted molar refractivity (Wildman–Crippen MR) is 405 cm³/mol. The van der Waals surface area contributed by atoms with E-state index in [0.717, 1.165) is 95.8 Å². The molecule has 0 fully saturated rings. The van der Waals surface area contributed by atoms with Crippen LogP contribution < -0.4 is 0 Å². The lowest BCUT2D eigenvalue weighted by Gasteiger charge is -2.21. The maximum absolute atomic E-state index is 13.1. The number of aliphatic hydroxyl groups is 1. The van der Waals surface area contributed by atoms with Gasteiger partial charge in [0.1, 0.15) is 19.3 Å². The zero-order chi connectivity index (χ0) is 72.7. The van der Waals surface area contributed by atoms with Gasteiger partial charge in [0.25, 0.3) is 0 Å². The Bertz CT molecular complexity index is 1890. The maximum Gasteiger partial charge on any atom is 0.472 e. The Hall–Kier alpha value is -1.94. The smallest absolute Gasteiger partial charge is 0.462 e. The number of esters is 4. The SMILES string of the molecule is CCCCCCCCCCCCCCCCCCCCCCC(=O)O[C@H](COC(=O)CCCCCCCCCCCCCCCCCC)COP(=O)(O)OC[C@@H](O)COP(=O)(O)OC[C@@H](COC(=O)CCCCCCCCCCCC)OC(=O)CCCCCCCCCCCCC(C)C. The molecular formula is C80H156O17P2. The van der Waals surface area contributed by atoms with Gasteiger partial charge in [0.2, 0.25) is 0 Å². The second-order valence-corrected chi connectivity index (χ2v) is 32.2. The van der Waals surface area contributed by atoms with Crippen LogP contribution >= 0.6 is 15.6 Å². The van der Waals surface area contributed by atoms with E-state index in [1.807, 2.05) is 0 Å². The maximum atomic E-state index is 13.1. The van der Waals surface area contributed by atoms with Gasteiger partial charge in [0, 0.05) is 25.7 Å². The number of hydrogen-bond acceptors (Lipinski definition) is 15. The zero-order valence-corrected chi connectivity index (χ0v) is 66.4. The molecule has 5 atom stereocenters. The summed E-state index contributed by atoms with van der Waals surface area (Å²) in [5.41, 5.74) is 0. The Kier molecular flexibility index (Phi) is 71.6. The molecule has 3 N–H and O–H groups in total. The lowest BCUT2D eigenvalue weighted by atomic mass is 10.0. The first-order valence-corrected chi connectivity index (χ1v) is 44.6. The highest BCUT2D eigenvalue weighted by Crippen LogP contribution is 2.45. The number of carbonyl (C=O) groups is 4. The fourth-order valence-corrected chi connectivity index (χ4v) is 14.0. The molecule has 0 bridgehead atoms. The highest BCUT2D eigenvalue weighted by molar-refractivity contribution is 7.47. The van der Waals surface area contributed by atoms with Crippen molar-refractivity contribution in [3.63, 3.8) is 0 Å². The van der Waals surface area contributed by atoms with Gasteiger partial charge < -0.3 is 33.8 Å². The third-order valence-electron chi connectivity index (χ3n) is 18.8. The molecule has 0 amide bonds. The Balaban J connectivity index is 5.22. The molecule has 0 aliphatic heterocycles. The summed E-state index contributed by atoms with van der Waals surface area (Å²) in [4.78, 5) is 73.0. The van der Waals surface area contributed by atoms with Crippen molar-refractivity contribution in [2.75, 3.05) is 39.6 Å². The average Bonchev–Trinajstić information content (AvgIpc) is 1.93. The number of phosphoric acid groups is 2. The summed E-state index contributed by atoms with van der Waals surface area (Å²) in [7, 11) is -9.92. The number of unbranched alkanes of at least 4 members (excludes halogenated alkanes) is 52. The van der Waals surface area contributed by atoms with Gasteiger partial charge in [0.05, 0.1) is 26.4 Å². The number of phosphoric ester groups is 2. The molecule has 0 saturated carbocycles. The van der Waals surface area contributed by atoms with Crippen molar-refractivity contribution < 1.29 is 80.2 Å². The molecule has 0 aromatic rings. The van der Waals surface area contributed by atoms with E-state index < -0.39 is 97.5 Å². The molecular weight excluding hydrogens is 1290 g/mol. The van der Waals surface area contributed by atoms with E-state index in [1.165, 1.54) is 250 Å². The van der Waals surface area contributed by atoms with Crippen LogP contribution in [0.1, 0.15) is 426 Å². The van der Waals surface area contributed by atoms with E-state index in [9.17, 15) is 43.2 Å². The van der Waals surface area contributed by atoms with Crippen LogP contribution in [0.3, 0.4) is 0 Å². The molecule has 17 nitrogen and oxygen atoms in total. The molecule has 0 rings (SSSR count). The molecule has 0 aliphatic rings. The van der Waals surface area contributed by atoms with Crippen LogP contribution in [0.4, 0.5) is 0 Å². The minimum absolute atomic E-state index is 0.107. The van der Waals surface area contributed by atoms with Crippen LogP contribution in [0, 0.1) is 5.92 Å². The largest absolute Gasteiger partial charge is 0.472 e. The summed E-state index contributed by atoms with van der Waals surface area (Å²) in [6.07, 6.45) is 63.8. The highest BCUT2D eigenvalue weighted by atomic mass is 31.2. The molecule has 0 radical (unpaired) electrons. The summed E-state index contributed by atoms with van der Waals surface area (Å²) >= 11 is 0. The molecule has 0 aromatic heterocycles. The van der Waals surface area contributed by atoms with Gasteiger partial charge in [0.15, 0.2) is 12.2 Å². The fraction of sp³-hybridized carbons (Fsp3) is 0.950. The van der Waals surface area contributed by atoms with Crippen LogP contribution in [-0.4, -0.2) is 96.7 Å². The molecule has 0 spiro atoms. The van der Waals surface area contributed by atoms with Crippen molar-refractivity contribution in [1.82, 2.24) is 0 Å². The van der Waals surface area contributed by atoms with Crippen molar-refractivity contribution in [3.05, 3.63) is 0 Å². The monoisotopic (exact) mass is 1450 g/mol. The van der Waals surface area contributed by atoms with Gasteiger partial charge >= 0.3 is 39.5 Å². The van der Waals surface area contributed by atoms with Crippen LogP contribution in [0.5, 0.6) is 0 Å². The minimum atomic E-state index is -4.96. The van der Waals surface area contributed by atoms with Crippen molar-refractivity contribution >= 4 is 39.5 Å². The van der Waals surface area contributed by atoms with E-state index in [0.29, 0.717) is 25.7 Å². The van der Waals surface area contributed by atoms with Gasteiger partial charge in [-0.1, -0.05) is 375 Å². The number of ether oxygens (including phenoxy) is 4. The Morgan fingerprint density at radius 1 is 0.273 bits per heavy atom. The third kappa shape index (κ3) is 74.1. The number of aliphatic hydroxyl groups excluding tert-OH is 1. The molecule has 0 heterocycles. The van der Waals surface area contributed by atoms with Gasteiger partial charge in [-0.25, -0.2) is 9.13 Å². The van der Waals surface area contributed by atoms with Crippen molar-refractivity contribution in [2.24, 2.45) is 5.92 Å². The normalized spacial score (nSPS) is 13.9. The van der Waals surface area contributed by atoms with Gasteiger partial charge in [-0.3, -0.25) is 37.3 Å². The van der Waals surface area contributed by atoms with Crippen molar-refractivity contribution in [3.8, 4) is 0 Å². The van der Waals surface area contributed by atoms with Gasteiger partial charge in [-0.2, -0.15) is 0 Å². The second-order valence-electron chi connectivity index (χ2n) is 29.3. The summed E-state index contributed by atoms with van der Waals surface area (Å²) in [5.74, 6) is -1.36. The second kappa shape index (κ2) is 73.0. The topological polar surface area (TPSA) is 237 Å². The average molecular weight is 1450 g/mol. The molecule has 2 unspecified atom stereocenters. The van der Waals surface area contributed by atoms with Crippen molar-refractivity contribution in [1.29, 1.82) is 0 Å². The van der Waals surface area contributed by atoms with Gasteiger partial charge in [-0.05, 0) is 31.6 Å². The molecule has 0 saturated heterocycles. The number of carbonyl (C=O) groups excluding carboxylic acids is 4. The van der Waals surface area contributed by atoms with Crippen LogP contribution in [0.25, 0.3) is 0 Å². The predicted octanol–water partition coefficient (Wildman–Crippen LogP) is 24.0. The van der Waals surface area contributed by atoms with Crippen molar-refractivity contribution in [2.45, 2.75) is 445 Å². The first kappa shape index (κ1) is 97.1. The quantitative estimate of drug-likeness (QED) is 0.0222. The number of rotatable bonds is 80. The molecule has 99 heavy (non-hydrogen) atoms. The highest BCUT2D eigenvalue weighted by Gasteiger charge is 2.30. The standard InChI is InChI=1S/C80H156O17P2/c1-6-9-12-15-18-21-24-26-28-30-31-32-33-35-37-39-45-50-55-60-65-79(84)96-76(70-91-78(83)64-59-54-49-44-38-36-34-29-27-25-22-19-16-13-10-7-2)72-95-99(88,89)93-68-74(81)67-92-98(86,87)94-71-75(69-90-77(82)63-58-53-48-43-23-20-17-14-11-8-3)97-80(85)66-61-56-51-46-41-40-42-47-52-57-62-73(4)5/h73-76,81H,6-72H2,1-5H3,(H,86,87)(H,88,89)/t74-,75+,76+/m0/s1.